The molecule has 0 aliphatic heterocycles. The van der Waals surface area contributed by atoms with Crippen LogP contribution in [0.1, 0.15) is 25.0 Å². The van der Waals surface area contributed by atoms with Gasteiger partial charge in [-0.3, -0.25) is 9.10 Å². The van der Waals surface area contributed by atoms with E-state index in [0.29, 0.717) is 23.7 Å². The van der Waals surface area contributed by atoms with Gasteiger partial charge in [0.05, 0.1) is 18.6 Å². The summed E-state index contributed by atoms with van der Waals surface area (Å²) in [6.07, 6.45) is 1.10. The maximum Gasteiger partial charge on any atom is 0.247 e. The highest BCUT2D eigenvalue weighted by atomic mass is 32.2. The largest absolute Gasteiger partial charge is 0.494 e. The number of amides is 1. The number of sulfonamides is 1. The van der Waals surface area contributed by atoms with Crippen LogP contribution in [0.25, 0.3) is 0 Å². The van der Waals surface area contributed by atoms with Crippen molar-refractivity contribution >= 4 is 27.3 Å². The van der Waals surface area contributed by atoms with Crippen LogP contribution < -0.4 is 14.4 Å². The Kier molecular flexibility index (Phi) is 6.49. The average Bonchev–Trinajstić information content (AvgIpc) is 2.54. The Morgan fingerprint density at radius 1 is 1.11 bits per heavy atom. The van der Waals surface area contributed by atoms with Crippen molar-refractivity contribution in [3.8, 4) is 5.75 Å². The van der Waals surface area contributed by atoms with Crippen LogP contribution in [0.2, 0.25) is 0 Å². The Labute approximate surface area is 161 Å². The van der Waals surface area contributed by atoms with Crippen LogP contribution in [0.3, 0.4) is 0 Å². The quantitative estimate of drug-likeness (QED) is 0.785. The summed E-state index contributed by atoms with van der Waals surface area (Å²) in [5, 5.41) is 2.76. The van der Waals surface area contributed by atoms with E-state index in [1.165, 1.54) is 0 Å². The second-order valence-electron chi connectivity index (χ2n) is 6.53. The molecule has 0 saturated carbocycles. The molecule has 0 radical (unpaired) electrons. The normalized spacial score (nSPS) is 12.3. The van der Waals surface area contributed by atoms with Crippen LogP contribution in [0.5, 0.6) is 5.75 Å². The fourth-order valence-electron chi connectivity index (χ4n) is 2.93. The molecule has 0 unspecified atom stereocenters. The lowest BCUT2D eigenvalue weighted by molar-refractivity contribution is -0.116. The van der Waals surface area contributed by atoms with E-state index in [1.54, 1.807) is 43.3 Å². The highest BCUT2D eigenvalue weighted by molar-refractivity contribution is 7.92. The zero-order valence-corrected chi connectivity index (χ0v) is 17.1. The molecule has 0 bridgehead atoms. The molecule has 1 atom stereocenters. The Bertz CT molecular complexity index is 888. The van der Waals surface area contributed by atoms with Crippen molar-refractivity contribution in [2.45, 2.75) is 33.7 Å². The Morgan fingerprint density at radius 3 is 2.15 bits per heavy atom. The van der Waals surface area contributed by atoms with Crippen LogP contribution in [0.15, 0.2) is 42.5 Å². The lowest BCUT2D eigenvalue weighted by Gasteiger charge is -2.28. The monoisotopic (exact) mass is 390 g/mol. The maximum atomic E-state index is 12.7. The summed E-state index contributed by atoms with van der Waals surface area (Å²) in [4.78, 5) is 12.7. The summed E-state index contributed by atoms with van der Waals surface area (Å²) in [7, 11) is -3.65. The van der Waals surface area contributed by atoms with Gasteiger partial charge in [0, 0.05) is 5.69 Å². The molecule has 146 valence electrons. The SMILES string of the molecule is CCOc1ccc(NC(=O)[C@H](C)N(c2cc(C)cc(C)c2)S(C)(=O)=O)cc1. The van der Waals surface area contributed by atoms with E-state index in [0.717, 1.165) is 21.7 Å². The first-order valence-corrected chi connectivity index (χ1v) is 10.6. The van der Waals surface area contributed by atoms with Crippen LogP contribution in [0.4, 0.5) is 11.4 Å². The van der Waals surface area contributed by atoms with Gasteiger partial charge in [-0.1, -0.05) is 6.07 Å². The number of aryl methyl sites for hydroxylation is 2. The van der Waals surface area contributed by atoms with E-state index >= 15 is 0 Å². The van der Waals surface area contributed by atoms with Gasteiger partial charge in [-0.2, -0.15) is 0 Å². The predicted molar refractivity (Wildman–Crippen MR) is 109 cm³/mol. The fraction of sp³-hybridized carbons (Fsp3) is 0.350. The lowest BCUT2D eigenvalue weighted by atomic mass is 10.1. The number of nitrogens with zero attached hydrogens (tertiary/aromatic N) is 1. The van der Waals surface area contributed by atoms with Crippen molar-refractivity contribution in [1.82, 2.24) is 0 Å². The molecule has 2 aromatic rings. The molecule has 6 nitrogen and oxygen atoms in total. The Balaban J connectivity index is 2.26. The summed E-state index contributed by atoms with van der Waals surface area (Å²) in [5.41, 5.74) is 2.91. The molecule has 27 heavy (non-hydrogen) atoms. The number of hydrogen-bond acceptors (Lipinski definition) is 4. The molecule has 2 aromatic carbocycles. The minimum Gasteiger partial charge on any atom is -0.494 e. The van der Waals surface area contributed by atoms with E-state index in [9.17, 15) is 13.2 Å². The van der Waals surface area contributed by atoms with E-state index in [4.69, 9.17) is 4.74 Å². The van der Waals surface area contributed by atoms with Gasteiger partial charge >= 0.3 is 0 Å². The molecule has 7 heteroatoms. The van der Waals surface area contributed by atoms with Crippen molar-refractivity contribution < 1.29 is 17.9 Å². The minimum atomic E-state index is -3.65. The lowest BCUT2D eigenvalue weighted by Crippen LogP contribution is -2.45. The average molecular weight is 391 g/mol. The highest BCUT2D eigenvalue weighted by Crippen LogP contribution is 2.24. The van der Waals surface area contributed by atoms with Gasteiger partial charge in [-0.15, -0.1) is 0 Å². The molecule has 0 spiro atoms. The molecule has 0 aliphatic rings. The van der Waals surface area contributed by atoms with Gasteiger partial charge in [-0.05, 0) is 75.2 Å². The number of hydrogen-bond donors (Lipinski definition) is 1. The summed E-state index contributed by atoms with van der Waals surface area (Å²) in [5.74, 6) is 0.292. The number of carbonyl (C=O) groups is 1. The fourth-order valence-corrected chi connectivity index (χ4v) is 4.09. The van der Waals surface area contributed by atoms with Crippen molar-refractivity contribution in [3.05, 3.63) is 53.6 Å². The summed E-state index contributed by atoms with van der Waals surface area (Å²) < 4.78 is 31.3. The van der Waals surface area contributed by atoms with Crippen LogP contribution in [0, 0.1) is 13.8 Å². The molecule has 0 heterocycles. The van der Waals surface area contributed by atoms with Crippen LogP contribution in [-0.4, -0.2) is 33.2 Å². The molecule has 2 rings (SSSR count). The highest BCUT2D eigenvalue weighted by Gasteiger charge is 2.29. The number of rotatable bonds is 7. The summed E-state index contributed by atoms with van der Waals surface area (Å²) in [6.45, 7) is 7.80. The molecule has 1 amide bonds. The molecular weight excluding hydrogens is 364 g/mol. The zero-order chi connectivity index (χ0) is 20.2. The second-order valence-corrected chi connectivity index (χ2v) is 8.39. The first kappa shape index (κ1) is 20.8. The van der Waals surface area contributed by atoms with E-state index in [-0.39, 0.29) is 0 Å². The Hall–Kier alpha value is -2.54. The smallest absolute Gasteiger partial charge is 0.247 e. The van der Waals surface area contributed by atoms with Gasteiger partial charge in [0.15, 0.2) is 0 Å². The van der Waals surface area contributed by atoms with Gasteiger partial charge in [0.2, 0.25) is 15.9 Å². The molecular formula is C20H26N2O4S. The maximum absolute atomic E-state index is 12.7. The van der Waals surface area contributed by atoms with Crippen LogP contribution >= 0.6 is 0 Å². The Morgan fingerprint density at radius 2 is 1.67 bits per heavy atom. The molecule has 0 fully saturated rings. The topological polar surface area (TPSA) is 75.7 Å². The van der Waals surface area contributed by atoms with Gasteiger partial charge < -0.3 is 10.1 Å². The van der Waals surface area contributed by atoms with Crippen molar-refractivity contribution in [2.75, 3.05) is 22.5 Å². The molecule has 0 aromatic heterocycles. The third kappa shape index (κ3) is 5.47. The number of nitrogens with one attached hydrogen (secondary N) is 1. The van der Waals surface area contributed by atoms with Gasteiger partial charge in [0.25, 0.3) is 0 Å². The second kappa shape index (κ2) is 8.43. The number of anilines is 2. The summed E-state index contributed by atoms with van der Waals surface area (Å²) >= 11 is 0. The van der Waals surface area contributed by atoms with E-state index in [1.807, 2.05) is 26.8 Å². The van der Waals surface area contributed by atoms with Crippen molar-refractivity contribution in [1.29, 1.82) is 0 Å². The first-order chi connectivity index (χ1) is 12.6. The number of ether oxygens (including phenoxy) is 1. The number of benzene rings is 2. The third-order valence-corrected chi connectivity index (χ3v) is 5.22. The minimum absolute atomic E-state index is 0.413. The molecule has 0 aliphatic carbocycles. The zero-order valence-electron chi connectivity index (χ0n) is 16.3. The van der Waals surface area contributed by atoms with E-state index < -0.39 is 22.0 Å². The number of carbonyl (C=O) groups excluding carboxylic acids is 1. The standard InChI is InChI=1S/C20H26N2O4S/c1-6-26-19-9-7-17(8-10-19)21-20(23)16(4)22(27(5,24)25)18-12-14(2)11-15(3)13-18/h7-13,16H,6H2,1-5H3,(H,21,23)/t16-/m0/s1. The molecule has 1 N–H and O–H groups in total. The van der Waals surface area contributed by atoms with Crippen molar-refractivity contribution in [3.63, 3.8) is 0 Å². The first-order valence-electron chi connectivity index (χ1n) is 8.73. The molecule has 0 saturated heterocycles. The van der Waals surface area contributed by atoms with Gasteiger partial charge in [0.1, 0.15) is 11.8 Å². The summed E-state index contributed by atoms with van der Waals surface area (Å²) in [6, 6.07) is 11.5. The predicted octanol–water partition coefficient (Wildman–Crippen LogP) is 3.50. The third-order valence-electron chi connectivity index (χ3n) is 3.98. The van der Waals surface area contributed by atoms with Gasteiger partial charge in [-0.25, -0.2) is 8.42 Å². The van der Waals surface area contributed by atoms with Crippen LogP contribution in [-0.2, 0) is 14.8 Å². The van der Waals surface area contributed by atoms with E-state index in [2.05, 4.69) is 5.32 Å². The van der Waals surface area contributed by atoms with Crippen molar-refractivity contribution in [2.24, 2.45) is 0 Å².